The summed E-state index contributed by atoms with van der Waals surface area (Å²) in [6, 6.07) is 0. The Hall–Kier alpha value is -1.23. The average Bonchev–Trinajstić information content (AvgIpc) is 2.16. The summed E-state index contributed by atoms with van der Waals surface area (Å²) in [5, 5.41) is 6.76. The van der Waals surface area contributed by atoms with Crippen LogP contribution in [-0.2, 0) is 4.79 Å². The van der Waals surface area contributed by atoms with Crippen LogP contribution in [0.5, 0.6) is 0 Å². The maximum atomic E-state index is 10.4. The summed E-state index contributed by atoms with van der Waals surface area (Å²) in [6.45, 7) is 0. The number of azo groups is 1. The Morgan fingerprint density at radius 1 is 1.67 bits per heavy atom. The minimum absolute atomic E-state index is 0.694. The van der Waals surface area contributed by atoms with Crippen molar-refractivity contribution >= 4 is 5.91 Å². The number of nitrogens with zero attached hydrogens (tertiary/aromatic N) is 2. The standard InChI is InChI=1S/C4H6N4O/c5-3(9)4(6)1-2-7-8-4/h1-2H,6H2,(H2,5,9). The third kappa shape index (κ3) is 0.812. The summed E-state index contributed by atoms with van der Waals surface area (Å²) >= 11 is 0. The van der Waals surface area contributed by atoms with Gasteiger partial charge in [0.15, 0.2) is 0 Å². The summed E-state index contributed by atoms with van der Waals surface area (Å²) < 4.78 is 0. The van der Waals surface area contributed by atoms with Gasteiger partial charge in [0.05, 0.1) is 0 Å². The second-order valence-corrected chi connectivity index (χ2v) is 1.72. The first-order chi connectivity index (χ1) is 4.15. The zero-order valence-corrected chi connectivity index (χ0v) is 4.61. The number of hydrogen-bond donors (Lipinski definition) is 2. The monoisotopic (exact) mass is 126 g/mol. The van der Waals surface area contributed by atoms with Gasteiger partial charge >= 0.3 is 0 Å². The Kier molecular flexibility index (Phi) is 1.07. The lowest BCUT2D eigenvalue weighted by molar-refractivity contribution is -0.121. The second-order valence-electron chi connectivity index (χ2n) is 1.72. The van der Waals surface area contributed by atoms with Gasteiger partial charge in [-0.15, -0.1) is 0 Å². The maximum absolute atomic E-state index is 10.4. The number of nitrogens with two attached hydrogens (primary N) is 2. The first-order valence-corrected chi connectivity index (χ1v) is 2.34. The first kappa shape index (κ1) is 5.90. The van der Waals surface area contributed by atoms with Gasteiger partial charge < -0.3 is 5.73 Å². The smallest absolute Gasteiger partial charge is 0.266 e. The van der Waals surface area contributed by atoms with Crippen molar-refractivity contribution < 1.29 is 4.79 Å². The number of amides is 1. The SMILES string of the molecule is NC(=O)C1(N)C=CN=N1. The van der Waals surface area contributed by atoms with Crippen LogP contribution < -0.4 is 11.5 Å². The van der Waals surface area contributed by atoms with Crippen molar-refractivity contribution in [2.45, 2.75) is 5.66 Å². The van der Waals surface area contributed by atoms with Crippen molar-refractivity contribution in [3.05, 3.63) is 12.3 Å². The summed E-state index contributed by atoms with van der Waals surface area (Å²) in [4.78, 5) is 10.4. The Labute approximate surface area is 51.4 Å². The van der Waals surface area contributed by atoms with Gasteiger partial charge in [-0.1, -0.05) is 0 Å². The molecule has 4 N–H and O–H groups in total. The van der Waals surface area contributed by atoms with Crippen LogP contribution in [0.25, 0.3) is 0 Å². The molecule has 48 valence electrons. The van der Waals surface area contributed by atoms with E-state index in [-0.39, 0.29) is 0 Å². The molecule has 1 aliphatic rings. The van der Waals surface area contributed by atoms with Crippen molar-refractivity contribution in [3.8, 4) is 0 Å². The maximum Gasteiger partial charge on any atom is 0.266 e. The molecule has 1 unspecified atom stereocenters. The molecular weight excluding hydrogens is 120 g/mol. The summed E-state index contributed by atoms with van der Waals surface area (Å²) in [7, 11) is 0. The van der Waals surface area contributed by atoms with Crippen molar-refractivity contribution in [3.63, 3.8) is 0 Å². The lowest BCUT2D eigenvalue weighted by Crippen LogP contribution is -2.47. The van der Waals surface area contributed by atoms with Crippen molar-refractivity contribution in [2.75, 3.05) is 0 Å². The van der Waals surface area contributed by atoms with Gasteiger partial charge in [0.1, 0.15) is 0 Å². The molecule has 0 aromatic rings. The van der Waals surface area contributed by atoms with Crippen LogP contribution in [0.3, 0.4) is 0 Å². The molecule has 1 rings (SSSR count). The molecule has 0 radical (unpaired) electrons. The molecule has 1 amide bonds. The molecule has 0 aromatic carbocycles. The number of carbonyl (C=O) groups is 1. The molecule has 0 spiro atoms. The molecule has 5 nitrogen and oxygen atoms in total. The Morgan fingerprint density at radius 3 is 2.56 bits per heavy atom. The van der Waals surface area contributed by atoms with Crippen molar-refractivity contribution in [2.24, 2.45) is 21.7 Å². The highest BCUT2D eigenvalue weighted by Crippen LogP contribution is 2.10. The zero-order valence-electron chi connectivity index (χ0n) is 4.61. The molecule has 0 aliphatic carbocycles. The molecular formula is C4H6N4O. The number of hydrogen-bond acceptors (Lipinski definition) is 4. The van der Waals surface area contributed by atoms with E-state index in [0.29, 0.717) is 0 Å². The van der Waals surface area contributed by atoms with Gasteiger partial charge in [-0.25, -0.2) is 0 Å². The van der Waals surface area contributed by atoms with Crippen LogP contribution >= 0.6 is 0 Å². The molecule has 1 atom stereocenters. The fourth-order valence-electron chi connectivity index (χ4n) is 0.441. The fourth-order valence-corrected chi connectivity index (χ4v) is 0.441. The van der Waals surface area contributed by atoms with Gasteiger partial charge in [0.25, 0.3) is 5.91 Å². The third-order valence-electron chi connectivity index (χ3n) is 1.01. The molecule has 0 fully saturated rings. The lowest BCUT2D eigenvalue weighted by atomic mass is 10.2. The van der Waals surface area contributed by atoms with E-state index in [1.165, 1.54) is 12.3 Å². The van der Waals surface area contributed by atoms with Crippen LogP contribution in [-0.4, -0.2) is 11.6 Å². The van der Waals surface area contributed by atoms with Gasteiger partial charge in [0, 0.05) is 6.20 Å². The molecule has 0 saturated carbocycles. The fraction of sp³-hybridized carbons (Fsp3) is 0.250. The Balaban J connectivity index is 2.88. The first-order valence-electron chi connectivity index (χ1n) is 2.34. The van der Waals surface area contributed by atoms with E-state index in [0.717, 1.165) is 0 Å². The molecule has 5 heteroatoms. The molecule has 1 aliphatic heterocycles. The minimum atomic E-state index is -1.39. The molecule has 0 bridgehead atoms. The van der Waals surface area contributed by atoms with Crippen LogP contribution in [0.2, 0.25) is 0 Å². The van der Waals surface area contributed by atoms with E-state index in [1.54, 1.807) is 0 Å². The highest BCUT2D eigenvalue weighted by molar-refractivity contribution is 5.86. The largest absolute Gasteiger partial charge is 0.366 e. The summed E-state index contributed by atoms with van der Waals surface area (Å²) in [6.07, 6.45) is 2.68. The van der Waals surface area contributed by atoms with Crippen molar-refractivity contribution in [1.82, 2.24) is 0 Å². The molecule has 9 heavy (non-hydrogen) atoms. The third-order valence-corrected chi connectivity index (χ3v) is 1.01. The lowest BCUT2D eigenvalue weighted by Gasteiger charge is -2.09. The predicted molar refractivity (Wildman–Crippen MR) is 30.1 cm³/mol. The Morgan fingerprint density at radius 2 is 2.33 bits per heavy atom. The Bertz CT molecular complexity index is 183. The van der Waals surface area contributed by atoms with E-state index < -0.39 is 11.6 Å². The molecule has 0 saturated heterocycles. The summed E-state index contributed by atoms with van der Waals surface area (Å²) in [5.74, 6) is -0.694. The quantitative estimate of drug-likeness (QED) is 0.476. The number of primary amides is 1. The average molecular weight is 126 g/mol. The van der Waals surface area contributed by atoms with Gasteiger partial charge in [0.2, 0.25) is 5.66 Å². The number of rotatable bonds is 1. The van der Waals surface area contributed by atoms with Crippen LogP contribution in [0, 0.1) is 0 Å². The molecule has 1 heterocycles. The minimum Gasteiger partial charge on any atom is -0.366 e. The van der Waals surface area contributed by atoms with E-state index in [1.807, 2.05) is 0 Å². The van der Waals surface area contributed by atoms with Crippen molar-refractivity contribution in [1.29, 1.82) is 0 Å². The van der Waals surface area contributed by atoms with Gasteiger partial charge in [-0.2, -0.15) is 10.2 Å². The van der Waals surface area contributed by atoms with Crippen LogP contribution in [0.1, 0.15) is 0 Å². The van der Waals surface area contributed by atoms with E-state index in [9.17, 15) is 4.79 Å². The van der Waals surface area contributed by atoms with E-state index in [4.69, 9.17) is 11.5 Å². The molecule has 0 aromatic heterocycles. The van der Waals surface area contributed by atoms with E-state index in [2.05, 4.69) is 10.2 Å². The summed E-state index contributed by atoms with van der Waals surface area (Å²) in [5.41, 5.74) is 8.75. The normalized spacial score (nSPS) is 31.2. The highest BCUT2D eigenvalue weighted by atomic mass is 16.2. The van der Waals surface area contributed by atoms with Gasteiger partial charge in [-0.3, -0.25) is 10.5 Å². The van der Waals surface area contributed by atoms with E-state index >= 15 is 0 Å². The number of carbonyl (C=O) groups excluding carboxylic acids is 1. The zero-order chi connectivity index (χ0) is 6.91. The van der Waals surface area contributed by atoms with Crippen LogP contribution in [0.15, 0.2) is 22.5 Å². The highest BCUT2D eigenvalue weighted by Gasteiger charge is 2.30. The topological polar surface area (TPSA) is 93.8 Å². The van der Waals surface area contributed by atoms with Gasteiger partial charge in [-0.05, 0) is 6.08 Å². The second kappa shape index (κ2) is 1.63. The predicted octanol–water partition coefficient (Wildman–Crippen LogP) is -0.894. The van der Waals surface area contributed by atoms with Crippen LogP contribution in [0.4, 0.5) is 0 Å².